The number of hydrogen-bond donors (Lipinski definition) is 1. The van der Waals surface area contributed by atoms with Crippen LogP contribution >= 0.6 is 11.8 Å². The summed E-state index contributed by atoms with van der Waals surface area (Å²) in [5, 5.41) is 9.19. The SMILES string of the molecule is CCCn1c(CN)nnc1SCCOCCOCCOC. The fourth-order valence-electron chi connectivity index (χ4n) is 1.68. The average Bonchev–Trinajstić information content (AvgIpc) is 2.88. The van der Waals surface area contributed by atoms with Gasteiger partial charge in [0.05, 0.1) is 39.6 Å². The van der Waals surface area contributed by atoms with Crippen LogP contribution in [0.3, 0.4) is 0 Å². The molecule has 0 bridgehead atoms. The Morgan fingerprint density at radius 3 is 2.48 bits per heavy atom. The van der Waals surface area contributed by atoms with Gasteiger partial charge in [0, 0.05) is 19.4 Å². The molecular formula is C13H26N4O3S. The highest BCUT2D eigenvalue weighted by Crippen LogP contribution is 2.17. The third kappa shape index (κ3) is 7.23. The maximum Gasteiger partial charge on any atom is 0.191 e. The van der Waals surface area contributed by atoms with Gasteiger partial charge in [-0.15, -0.1) is 10.2 Å². The van der Waals surface area contributed by atoms with Crippen molar-refractivity contribution in [3.8, 4) is 0 Å². The predicted molar refractivity (Wildman–Crippen MR) is 82.4 cm³/mol. The molecule has 0 aromatic carbocycles. The van der Waals surface area contributed by atoms with E-state index in [1.807, 2.05) is 0 Å². The van der Waals surface area contributed by atoms with Gasteiger partial charge >= 0.3 is 0 Å². The number of hydrogen-bond acceptors (Lipinski definition) is 7. The number of nitrogens with two attached hydrogens (primary N) is 1. The van der Waals surface area contributed by atoms with Crippen LogP contribution in [0.4, 0.5) is 0 Å². The molecule has 7 nitrogen and oxygen atoms in total. The molecule has 1 heterocycles. The van der Waals surface area contributed by atoms with Crippen molar-refractivity contribution in [2.75, 3.05) is 45.9 Å². The number of methoxy groups -OCH3 is 1. The van der Waals surface area contributed by atoms with Crippen molar-refractivity contribution in [1.29, 1.82) is 0 Å². The van der Waals surface area contributed by atoms with Crippen molar-refractivity contribution in [3.05, 3.63) is 5.82 Å². The van der Waals surface area contributed by atoms with E-state index >= 15 is 0 Å². The Morgan fingerprint density at radius 1 is 1.10 bits per heavy atom. The summed E-state index contributed by atoms with van der Waals surface area (Å²) in [5.41, 5.74) is 5.66. The largest absolute Gasteiger partial charge is 0.382 e. The van der Waals surface area contributed by atoms with Crippen LogP contribution in [0.2, 0.25) is 0 Å². The first-order valence-corrected chi connectivity index (χ1v) is 8.21. The molecule has 0 atom stereocenters. The first-order valence-electron chi connectivity index (χ1n) is 7.22. The van der Waals surface area contributed by atoms with Crippen LogP contribution in [0, 0.1) is 0 Å². The van der Waals surface area contributed by atoms with E-state index < -0.39 is 0 Å². The predicted octanol–water partition coefficient (Wildman–Crippen LogP) is 0.919. The minimum atomic E-state index is 0.420. The zero-order valence-corrected chi connectivity index (χ0v) is 13.7. The number of aromatic nitrogens is 3. The van der Waals surface area contributed by atoms with E-state index in [2.05, 4.69) is 21.7 Å². The Balaban J connectivity index is 2.13. The number of rotatable bonds is 13. The monoisotopic (exact) mass is 318 g/mol. The van der Waals surface area contributed by atoms with Crippen molar-refractivity contribution in [2.45, 2.75) is 31.6 Å². The first-order chi connectivity index (χ1) is 10.3. The lowest BCUT2D eigenvalue weighted by Crippen LogP contribution is -2.11. The molecule has 0 spiro atoms. The molecule has 1 aromatic rings. The molecule has 0 saturated carbocycles. The van der Waals surface area contributed by atoms with Gasteiger partial charge in [0.2, 0.25) is 0 Å². The zero-order valence-electron chi connectivity index (χ0n) is 12.9. The summed E-state index contributed by atoms with van der Waals surface area (Å²) in [4.78, 5) is 0. The topological polar surface area (TPSA) is 84.4 Å². The summed E-state index contributed by atoms with van der Waals surface area (Å²) < 4.78 is 17.8. The third-order valence-corrected chi connectivity index (χ3v) is 3.62. The second-order valence-corrected chi connectivity index (χ2v) is 5.38. The fraction of sp³-hybridized carbons (Fsp3) is 0.846. The van der Waals surface area contributed by atoms with Crippen LogP contribution in [0.5, 0.6) is 0 Å². The smallest absolute Gasteiger partial charge is 0.191 e. The van der Waals surface area contributed by atoms with Crippen LogP contribution in [0.15, 0.2) is 5.16 Å². The summed E-state index contributed by atoms with van der Waals surface area (Å²) in [6, 6.07) is 0. The van der Waals surface area contributed by atoms with E-state index in [9.17, 15) is 0 Å². The molecule has 1 aromatic heterocycles. The van der Waals surface area contributed by atoms with Gasteiger partial charge in [-0.25, -0.2) is 0 Å². The number of thioether (sulfide) groups is 1. The molecule has 0 saturated heterocycles. The van der Waals surface area contributed by atoms with Gasteiger partial charge in [-0.3, -0.25) is 0 Å². The van der Waals surface area contributed by atoms with Crippen LogP contribution in [-0.4, -0.2) is 60.7 Å². The second kappa shape index (κ2) is 11.9. The molecule has 122 valence electrons. The van der Waals surface area contributed by atoms with Crippen molar-refractivity contribution in [3.63, 3.8) is 0 Å². The summed E-state index contributed by atoms with van der Waals surface area (Å²) in [6.45, 7) is 6.52. The molecule has 0 fully saturated rings. The molecule has 0 unspecified atom stereocenters. The minimum absolute atomic E-state index is 0.420. The van der Waals surface area contributed by atoms with E-state index in [-0.39, 0.29) is 0 Å². The standard InChI is InChI=1S/C13H26N4O3S/c1-3-4-17-12(11-14)15-16-13(17)21-10-9-20-8-7-19-6-5-18-2/h3-11,14H2,1-2H3. The van der Waals surface area contributed by atoms with Gasteiger partial charge in [0.1, 0.15) is 5.82 Å². The quantitative estimate of drug-likeness (QED) is 0.427. The zero-order chi connectivity index (χ0) is 15.3. The van der Waals surface area contributed by atoms with E-state index in [0.717, 1.165) is 29.7 Å². The van der Waals surface area contributed by atoms with Gasteiger partial charge in [-0.1, -0.05) is 18.7 Å². The maximum absolute atomic E-state index is 5.66. The average molecular weight is 318 g/mol. The minimum Gasteiger partial charge on any atom is -0.382 e. The van der Waals surface area contributed by atoms with Gasteiger partial charge in [-0.2, -0.15) is 0 Å². The molecule has 0 radical (unpaired) electrons. The lowest BCUT2D eigenvalue weighted by Gasteiger charge is -2.08. The van der Waals surface area contributed by atoms with E-state index in [4.69, 9.17) is 19.9 Å². The van der Waals surface area contributed by atoms with E-state index in [1.54, 1.807) is 18.9 Å². The molecule has 0 aliphatic rings. The highest BCUT2D eigenvalue weighted by molar-refractivity contribution is 7.99. The lowest BCUT2D eigenvalue weighted by molar-refractivity contribution is 0.0286. The third-order valence-electron chi connectivity index (χ3n) is 2.69. The molecule has 0 aliphatic carbocycles. The van der Waals surface area contributed by atoms with Gasteiger partial charge < -0.3 is 24.5 Å². The molecule has 21 heavy (non-hydrogen) atoms. The van der Waals surface area contributed by atoms with Crippen molar-refractivity contribution in [1.82, 2.24) is 14.8 Å². The van der Waals surface area contributed by atoms with Crippen LogP contribution in [0.25, 0.3) is 0 Å². The van der Waals surface area contributed by atoms with Crippen molar-refractivity contribution in [2.24, 2.45) is 5.73 Å². The van der Waals surface area contributed by atoms with E-state index in [0.29, 0.717) is 39.6 Å². The van der Waals surface area contributed by atoms with Crippen molar-refractivity contribution >= 4 is 11.8 Å². The molecule has 0 aliphatic heterocycles. The number of nitrogens with zero attached hydrogens (tertiary/aromatic N) is 3. The highest BCUT2D eigenvalue weighted by atomic mass is 32.2. The first kappa shape index (κ1) is 18.4. The summed E-state index contributed by atoms with van der Waals surface area (Å²) in [5.74, 6) is 1.68. The Morgan fingerprint density at radius 2 is 1.81 bits per heavy atom. The second-order valence-electron chi connectivity index (χ2n) is 4.32. The van der Waals surface area contributed by atoms with Crippen LogP contribution in [-0.2, 0) is 27.3 Å². The Kier molecular flexibility index (Phi) is 10.4. The van der Waals surface area contributed by atoms with Gasteiger partial charge in [0.15, 0.2) is 5.16 Å². The number of ether oxygens (including phenoxy) is 3. The lowest BCUT2D eigenvalue weighted by atomic mass is 10.4. The normalized spacial score (nSPS) is 11.2. The molecule has 2 N–H and O–H groups in total. The van der Waals surface area contributed by atoms with Gasteiger partial charge in [-0.05, 0) is 6.42 Å². The Labute approximate surface area is 130 Å². The molecule has 0 amide bonds. The molecule has 8 heteroatoms. The van der Waals surface area contributed by atoms with Crippen LogP contribution in [0.1, 0.15) is 19.2 Å². The fourth-order valence-corrected chi connectivity index (χ4v) is 2.52. The molecule has 1 rings (SSSR count). The Bertz CT molecular complexity index is 376. The van der Waals surface area contributed by atoms with Crippen molar-refractivity contribution < 1.29 is 14.2 Å². The van der Waals surface area contributed by atoms with Crippen LogP contribution < -0.4 is 5.73 Å². The summed E-state index contributed by atoms with van der Waals surface area (Å²) >= 11 is 1.64. The summed E-state index contributed by atoms with van der Waals surface area (Å²) in [7, 11) is 1.66. The highest BCUT2D eigenvalue weighted by Gasteiger charge is 2.10. The Hall–Kier alpha value is -0.670. The van der Waals surface area contributed by atoms with Gasteiger partial charge in [0.25, 0.3) is 0 Å². The maximum atomic E-state index is 5.66. The molecular weight excluding hydrogens is 292 g/mol. The van der Waals surface area contributed by atoms with E-state index in [1.165, 1.54) is 0 Å². The summed E-state index contributed by atoms with van der Waals surface area (Å²) in [6.07, 6.45) is 1.04.